The topological polar surface area (TPSA) is 94.3 Å². The SMILES string of the molecule is NC(=O)C1(CNC(=O)c2csc(-c3ccccc3)n2)CCOCC1. The van der Waals surface area contributed by atoms with Crippen LogP contribution in [0.1, 0.15) is 23.3 Å². The van der Waals surface area contributed by atoms with E-state index in [9.17, 15) is 9.59 Å². The van der Waals surface area contributed by atoms with Crippen LogP contribution in [0.25, 0.3) is 10.6 Å². The van der Waals surface area contributed by atoms with Crippen LogP contribution in [0.5, 0.6) is 0 Å². The molecule has 0 bridgehead atoms. The number of nitrogens with one attached hydrogen (secondary N) is 1. The lowest BCUT2D eigenvalue weighted by atomic mass is 9.79. The molecular weight excluding hydrogens is 326 g/mol. The summed E-state index contributed by atoms with van der Waals surface area (Å²) in [6, 6.07) is 9.69. The molecule has 1 aliphatic rings. The molecule has 1 saturated heterocycles. The zero-order valence-corrected chi connectivity index (χ0v) is 14.0. The molecule has 24 heavy (non-hydrogen) atoms. The molecule has 126 valence electrons. The molecule has 2 aromatic rings. The van der Waals surface area contributed by atoms with Crippen molar-refractivity contribution in [1.82, 2.24) is 10.3 Å². The Hall–Kier alpha value is -2.25. The number of aromatic nitrogens is 1. The molecule has 2 heterocycles. The summed E-state index contributed by atoms with van der Waals surface area (Å²) < 4.78 is 5.29. The molecule has 3 rings (SSSR count). The first kappa shape index (κ1) is 16.6. The Bertz CT molecular complexity index is 724. The first-order valence-corrected chi connectivity index (χ1v) is 8.65. The van der Waals surface area contributed by atoms with E-state index in [2.05, 4.69) is 10.3 Å². The van der Waals surface area contributed by atoms with Crippen molar-refractivity contribution in [3.05, 3.63) is 41.4 Å². The highest BCUT2D eigenvalue weighted by Crippen LogP contribution is 2.29. The number of thiazole rings is 1. The van der Waals surface area contributed by atoms with E-state index < -0.39 is 11.3 Å². The minimum Gasteiger partial charge on any atom is -0.381 e. The van der Waals surface area contributed by atoms with Crippen molar-refractivity contribution in [2.24, 2.45) is 11.1 Å². The quantitative estimate of drug-likeness (QED) is 0.864. The lowest BCUT2D eigenvalue weighted by Gasteiger charge is -2.34. The number of rotatable bonds is 5. The standard InChI is InChI=1S/C17H19N3O3S/c18-16(22)17(6-8-23-9-7-17)11-19-14(21)13-10-24-15(20-13)12-4-2-1-3-5-12/h1-5,10H,6-9,11H2,(H2,18,22)(H,19,21). The molecule has 0 saturated carbocycles. The van der Waals surface area contributed by atoms with Gasteiger partial charge in [0.25, 0.3) is 5.91 Å². The predicted octanol–water partition coefficient (Wildman–Crippen LogP) is 1.82. The van der Waals surface area contributed by atoms with Crippen LogP contribution in [0, 0.1) is 5.41 Å². The number of carbonyl (C=O) groups excluding carboxylic acids is 2. The molecule has 1 aliphatic heterocycles. The Labute approximate surface area is 144 Å². The second-order valence-corrected chi connectivity index (χ2v) is 6.70. The third-order valence-corrected chi connectivity index (χ3v) is 5.21. The predicted molar refractivity (Wildman–Crippen MR) is 91.6 cm³/mol. The number of ether oxygens (including phenoxy) is 1. The molecule has 7 heteroatoms. The van der Waals surface area contributed by atoms with E-state index in [1.807, 2.05) is 30.3 Å². The first-order chi connectivity index (χ1) is 11.6. The maximum atomic E-state index is 12.3. The summed E-state index contributed by atoms with van der Waals surface area (Å²) in [6.07, 6.45) is 1.05. The van der Waals surface area contributed by atoms with Gasteiger partial charge in [-0.3, -0.25) is 9.59 Å². The molecule has 0 aliphatic carbocycles. The Kier molecular flexibility index (Phi) is 4.92. The van der Waals surface area contributed by atoms with Gasteiger partial charge in [-0.1, -0.05) is 30.3 Å². The van der Waals surface area contributed by atoms with E-state index >= 15 is 0 Å². The molecule has 0 spiro atoms. The van der Waals surface area contributed by atoms with Crippen LogP contribution in [0.4, 0.5) is 0 Å². The summed E-state index contributed by atoms with van der Waals surface area (Å²) in [4.78, 5) is 28.5. The van der Waals surface area contributed by atoms with Crippen molar-refractivity contribution < 1.29 is 14.3 Å². The van der Waals surface area contributed by atoms with E-state index in [0.717, 1.165) is 10.6 Å². The van der Waals surface area contributed by atoms with Gasteiger partial charge < -0.3 is 15.8 Å². The first-order valence-electron chi connectivity index (χ1n) is 7.77. The fraction of sp³-hybridized carbons (Fsp3) is 0.353. The third-order valence-electron chi connectivity index (χ3n) is 4.32. The summed E-state index contributed by atoms with van der Waals surface area (Å²) in [5, 5.41) is 5.31. The minimum atomic E-state index is -0.730. The third kappa shape index (κ3) is 3.47. The Balaban J connectivity index is 1.67. The molecule has 0 radical (unpaired) electrons. The molecule has 6 nitrogen and oxygen atoms in total. The van der Waals surface area contributed by atoms with Crippen LogP contribution in [-0.2, 0) is 9.53 Å². The van der Waals surface area contributed by atoms with Crippen LogP contribution >= 0.6 is 11.3 Å². The molecule has 1 fully saturated rings. The molecule has 1 aromatic carbocycles. The maximum absolute atomic E-state index is 12.3. The van der Waals surface area contributed by atoms with Gasteiger partial charge in [-0.05, 0) is 12.8 Å². The normalized spacial score (nSPS) is 16.5. The van der Waals surface area contributed by atoms with Crippen molar-refractivity contribution in [3.8, 4) is 10.6 Å². The van der Waals surface area contributed by atoms with Gasteiger partial charge in [-0.15, -0.1) is 11.3 Å². The highest BCUT2D eigenvalue weighted by Gasteiger charge is 2.38. The second-order valence-electron chi connectivity index (χ2n) is 5.84. The highest BCUT2D eigenvalue weighted by molar-refractivity contribution is 7.13. The minimum absolute atomic E-state index is 0.211. The van der Waals surface area contributed by atoms with Gasteiger partial charge in [0.1, 0.15) is 10.7 Å². The highest BCUT2D eigenvalue weighted by atomic mass is 32.1. The van der Waals surface area contributed by atoms with Crippen molar-refractivity contribution in [2.75, 3.05) is 19.8 Å². The summed E-state index contributed by atoms with van der Waals surface area (Å²) in [7, 11) is 0. The van der Waals surface area contributed by atoms with Gasteiger partial charge in [0.15, 0.2) is 0 Å². The van der Waals surface area contributed by atoms with Crippen molar-refractivity contribution in [1.29, 1.82) is 0 Å². The zero-order chi connectivity index (χ0) is 17.0. The van der Waals surface area contributed by atoms with Crippen LogP contribution in [0.2, 0.25) is 0 Å². The second kappa shape index (κ2) is 7.11. The van der Waals surface area contributed by atoms with Crippen LogP contribution in [0.15, 0.2) is 35.7 Å². The number of primary amides is 1. The number of hydrogen-bond acceptors (Lipinski definition) is 5. The van der Waals surface area contributed by atoms with Crippen LogP contribution in [-0.4, -0.2) is 36.6 Å². The van der Waals surface area contributed by atoms with Gasteiger partial charge in [-0.2, -0.15) is 0 Å². The Morgan fingerprint density at radius 3 is 2.62 bits per heavy atom. The monoisotopic (exact) mass is 345 g/mol. The summed E-state index contributed by atoms with van der Waals surface area (Å²) in [6.45, 7) is 1.17. The molecule has 3 N–H and O–H groups in total. The van der Waals surface area contributed by atoms with Crippen LogP contribution in [0.3, 0.4) is 0 Å². The lowest BCUT2D eigenvalue weighted by Crippen LogP contribution is -2.49. The average Bonchev–Trinajstić information content (AvgIpc) is 3.11. The van der Waals surface area contributed by atoms with Gasteiger partial charge in [-0.25, -0.2) is 4.98 Å². The van der Waals surface area contributed by atoms with E-state index in [1.165, 1.54) is 11.3 Å². The van der Waals surface area contributed by atoms with Gasteiger partial charge in [0, 0.05) is 30.7 Å². The summed E-state index contributed by atoms with van der Waals surface area (Å²) in [5.74, 6) is -0.685. The Morgan fingerprint density at radius 1 is 1.25 bits per heavy atom. The number of benzene rings is 1. The zero-order valence-electron chi connectivity index (χ0n) is 13.2. The number of carbonyl (C=O) groups is 2. The van der Waals surface area contributed by atoms with E-state index in [4.69, 9.17) is 10.5 Å². The number of amides is 2. The van der Waals surface area contributed by atoms with Crippen molar-refractivity contribution in [3.63, 3.8) is 0 Å². The van der Waals surface area contributed by atoms with Gasteiger partial charge >= 0.3 is 0 Å². The molecule has 2 amide bonds. The van der Waals surface area contributed by atoms with Gasteiger partial charge in [0.2, 0.25) is 5.91 Å². The van der Waals surface area contributed by atoms with E-state index in [0.29, 0.717) is 31.7 Å². The number of hydrogen-bond donors (Lipinski definition) is 2. The fourth-order valence-corrected chi connectivity index (χ4v) is 3.51. The average molecular weight is 345 g/mol. The van der Waals surface area contributed by atoms with Crippen molar-refractivity contribution >= 4 is 23.2 Å². The molecule has 0 atom stereocenters. The number of nitrogens with zero attached hydrogens (tertiary/aromatic N) is 1. The summed E-state index contributed by atoms with van der Waals surface area (Å²) in [5.41, 5.74) is 6.14. The molecule has 0 unspecified atom stereocenters. The van der Waals surface area contributed by atoms with Gasteiger partial charge in [0.05, 0.1) is 5.41 Å². The van der Waals surface area contributed by atoms with E-state index in [1.54, 1.807) is 5.38 Å². The molecule has 1 aromatic heterocycles. The van der Waals surface area contributed by atoms with Crippen molar-refractivity contribution in [2.45, 2.75) is 12.8 Å². The Morgan fingerprint density at radius 2 is 1.96 bits per heavy atom. The van der Waals surface area contributed by atoms with Crippen LogP contribution < -0.4 is 11.1 Å². The van der Waals surface area contributed by atoms with E-state index in [-0.39, 0.29) is 12.5 Å². The number of nitrogens with two attached hydrogens (primary N) is 1. The lowest BCUT2D eigenvalue weighted by molar-refractivity contribution is -0.132. The smallest absolute Gasteiger partial charge is 0.270 e. The molecular formula is C17H19N3O3S. The fourth-order valence-electron chi connectivity index (χ4n) is 2.70. The maximum Gasteiger partial charge on any atom is 0.270 e. The largest absolute Gasteiger partial charge is 0.381 e. The summed E-state index contributed by atoms with van der Waals surface area (Å²) >= 11 is 1.41.